The summed E-state index contributed by atoms with van der Waals surface area (Å²) in [5, 5.41) is 0.195. The van der Waals surface area contributed by atoms with E-state index in [1.54, 1.807) is 18.2 Å². The van der Waals surface area contributed by atoms with Gasteiger partial charge in [0.15, 0.2) is 0 Å². The van der Waals surface area contributed by atoms with E-state index in [2.05, 4.69) is 9.97 Å². The van der Waals surface area contributed by atoms with Crippen LogP contribution in [0.15, 0.2) is 48.7 Å². The molecule has 3 aromatic rings. The highest BCUT2D eigenvalue weighted by Crippen LogP contribution is 2.40. The molecule has 3 rings (SSSR count). The first-order chi connectivity index (χ1) is 19.4. The maximum absolute atomic E-state index is 13.7. The number of halogens is 7. The van der Waals surface area contributed by atoms with Crippen molar-refractivity contribution in [1.82, 2.24) is 19.8 Å². The largest absolute Gasteiger partial charge is 0.463 e. The number of benzene rings is 2. The fourth-order valence-electron chi connectivity index (χ4n) is 3.76. The van der Waals surface area contributed by atoms with Gasteiger partial charge in [-0.2, -0.15) is 31.3 Å². The highest BCUT2D eigenvalue weighted by molar-refractivity contribution is 6.32. The molecule has 0 aliphatic rings. The molecule has 228 valence electrons. The van der Waals surface area contributed by atoms with Gasteiger partial charge in [-0.25, -0.2) is 4.98 Å². The quantitative estimate of drug-likeness (QED) is 0.176. The number of nitrogens with zero attached hydrogens (tertiary/aromatic N) is 4. The van der Waals surface area contributed by atoms with Crippen LogP contribution in [-0.2, 0) is 17.9 Å². The van der Waals surface area contributed by atoms with Gasteiger partial charge < -0.3 is 19.3 Å². The van der Waals surface area contributed by atoms with Crippen LogP contribution in [0.25, 0.3) is 0 Å². The summed E-state index contributed by atoms with van der Waals surface area (Å²) in [5.41, 5.74) is -5.28. The normalized spacial score (nSPS) is 12.4. The van der Waals surface area contributed by atoms with Crippen LogP contribution >= 0.6 is 11.6 Å². The Balaban J connectivity index is 2.03. The Morgan fingerprint density at radius 3 is 2.05 bits per heavy atom. The lowest BCUT2D eigenvalue weighted by atomic mass is 9.89. The van der Waals surface area contributed by atoms with Gasteiger partial charge in [0.05, 0.1) is 34.5 Å². The number of hydrogen-bond acceptors (Lipinski definition) is 6. The van der Waals surface area contributed by atoms with Gasteiger partial charge in [-0.15, -0.1) is 0 Å². The molecule has 0 atom stereocenters. The van der Waals surface area contributed by atoms with Gasteiger partial charge in [-0.3, -0.25) is 4.79 Å². The van der Waals surface area contributed by atoms with Gasteiger partial charge in [-0.1, -0.05) is 23.7 Å². The van der Waals surface area contributed by atoms with Crippen molar-refractivity contribution in [1.29, 1.82) is 0 Å². The molecule has 0 spiro atoms. The highest BCUT2D eigenvalue weighted by atomic mass is 35.5. The Morgan fingerprint density at radius 2 is 1.50 bits per heavy atom. The van der Waals surface area contributed by atoms with E-state index in [1.807, 2.05) is 19.0 Å². The Morgan fingerprint density at radius 1 is 0.929 bits per heavy atom. The first-order valence-corrected chi connectivity index (χ1v) is 12.9. The van der Waals surface area contributed by atoms with Crippen molar-refractivity contribution in [2.45, 2.75) is 38.2 Å². The van der Waals surface area contributed by atoms with Crippen LogP contribution < -0.4 is 9.47 Å². The topological polar surface area (TPSA) is 67.8 Å². The first-order valence-electron chi connectivity index (χ1n) is 12.6. The van der Waals surface area contributed by atoms with Crippen LogP contribution in [0.1, 0.15) is 47.3 Å². The third-order valence-corrected chi connectivity index (χ3v) is 6.74. The molecule has 1 amide bonds. The Kier molecular flexibility index (Phi) is 9.99. The molecule has 0 fully saturated rings. The molecule has 2 aromatic carbocycles. The zero-order chi connectivity index (χ0) is 31.5. The summed E-state index contributed by atoms with van der Waals surface area (Å²) in [4.78, 5) is 24.9. The Labute approximate surface area is 244 Å². The molecular weight excluding hydrogens is 590 g/mol. The van der Waals surface area contributed by atoms with Crippen molar-refractivity contribution >= 4 is 17.5 Å². The van der Waals surface area contributed by atoms with Crippen molar-refractivity contribution < 1.29 is 40.6 Å². The molecule has 0 unspecified atom stereocenters. The van der Waals surface area contributed by atoms with Gasteiger partial charge >= 0.3 is 18.4 Å². The van der Waals surface area contributed by atoms with E-state index in [9.17, 15) is 31.1 Å². The van der Waals surface area contributed by atoms with Crippen LogP contribution in [0.5, 0.6) is 17.6 Å². The number of hydrogen-bond donors (Lipinski definition) is 0. The monoisotopic (exact) mass is 618 g/mol. The zero-order valence-corrected chi connectivity index (χ0v) is 24.2. The number of para-hydroxylation sites is 1. The standard InChI is InChI=1S/C28H29ClF6N4O3/c1-26(2,17-13-18(27(30,31)32)15-19(14-17)28(33,34)35)39(5)24(40)20-16-36-25(41-12-8-11-38(3)4)37-23(20)42-22-10-7-6-9-21(22)29/h6-7,9-10,13-16H,8,11-12H2,1-5H3. The van der Waals surface area contributed by atoms with E-state index in [-0.39, 0.29) is 40.9 Å². The molecule has 42 heavy (non-hydrogen) atoms. The molecule has 0 N–H and O–H groups in total. The highest BCUT2D eigenvalue weighted by Gasteiger charge is 2.40. The average molecular weight is 619 g/mol. The lowest BCUT2D eigenvalue weighted by Crippen LogP contribution is -2.43. The first kappa shape index (κ1) is 32.9. The second-order valence-electron chi connectivity index (χ2n) is 10.1. The van der Waals surface area contributed by atoms with Crippen LogP contribution in [-0.4, -0.2) is 60.0 Å². The number of ether oxygens (including phenoxy) is 2. The summed E-state index contributed by atoms with van der Waals surface area (Å²) in [6, 6.07) is 7.43. The van der Waals surface area contributed by atoms with Crippen molar-refractivity contribution in [2.75, 3.05) is 34.3 Å². The number of carbonyl (C=O) groups is 1. The minimum atomic E-state index is -5.05. The van der Waals surface area contributed by atoms with Crippen LogP contribution in [0.2, 0.25) is 5.02 Å². The SMILES string of the molecule is CN(C)CCCOc1ncc(C(=O)N(C)C(C)(C)c2cc(C(F)(F)F)cc(C(F)(F)F)c2)c(Oc2ccccc2Cl)n1. The predicted octanol–water partition coefficient (Wildman–Crippen LogP) is 7.30. The molecule has 0 bridgehead atoms. The Bertz CT molecular complexity index is 1380. The molecule has 0 saturated heterocycles. The fraction of sp³-hybridized carbons (Fsp3) is 0.393. The number of rotatable bonds is 10. The zero-order valence-electron chi connectivity index (χ0n) is 23.4. The fourth-order valence-corrected chi connectivity index (χ4v) is 3.93. The van der Waals surface area contributed by atoms with E-state index < -0.39 is 40.5 Å². The van der Waals surface area contributed by atoms with Crippen molar-refractivity contribution in [3.63, 3.8) is 0 Å². The minimum absolute atomic E-state index is 0.0298. The molecule has 0 radical (unpaired) electrons. The average Bonchev–Trinajstić information content (AvgIpc) is 2.90. The van der Waals surface area contributed by atoms with E-state index in [1.165, 1.54) is 27.0 Å². The maximum Gasteiger partial charge on any atom is 0.416 e. The van der Waals surface area contributed by atoms with Gasteiger partial charge in [0, 0.05) is 13.6 Å². The van der Waals surface area contributed by atoms with E-state index in [0.29, 0.717) is 18.6 Å². The Hall–Kier alpha value is -3.58. The molecule has 0 aliphatic heterocycles. The summed E-state index contributed by atoms with van der Waals surface area (Å²) in [6.07, 6.45) is -8.35. The third kappa shape index (κ3) is 8.03. The molecule has 0 aliphatic carbocycles. The summed E-state index contributed by atoms with van der Waals surface area (Å²) in [6.45, 7) is 3.61. The van der Waals surface area contributed by atoms with Gasteiger partial charge in [0.2, 0.25) is 5.88 Å². The number of aromatic nitrogens is 2. The molecule has 1 aromatic heterocycles. The lowest BCUT2D eigenvalue weighted by molar-refractivity contribution is -0.143. The number of carbonyl (C=O) groups excluding carboxylic acids is 1. The summed E-state index contributed by atoms with van der Waals surface area (Å²) < 4.78 is 92.6. The molecule has 1 heterocycles. The minimum Gasteiger partial charge on any atom is -0.463 e. The summed E-state index contributed by atoms with van der Waals surface area (Å²) >= 11 is 6.21. The lowest BCUT2D eigenvalue weighted by Gasteiger charge is -2.37. The smallest absolute Gasteiger partial charge is 0.416 e. The number of amides is 1. The van der Waals surface area contributed by atoms with Gasteiger partial charge in [0.1, 0.15) is 11.3 Å². The van der Waals surface area contributed by atoms with E-state index >= 15 is 0 Å². The predicted molar refractivity (Wildman–Crippen MR) is 144 cm³/mol. The second kappa shape index (κ2) is 12.7. The van der Waals surface area contributed by atoms with Crippen LogP contribution in [0, 0.1) is 0 Å². The van der Waals surface area contributed by atoms with Gasteiger partial charge in [0.25, 0.3) is 5.91 Å². The summed E-state index contributed by atoms with van der Waals surface area (Å²) in [5.74, 6) is -0.972. The number of alkyl halides is 6. The molecule has 0 saturated carbocycles. The molecule has 7 nitrogen and oxygen atoms in total. The second-order valence-corrected chi connectivity index (χ2v) is 10.5. The van der Waals surface area contributed by atoms with Crippen molar-refractivity contribution in [3.05, 3.63) is 75.9 Å². The van der Waals surface area contributed by atoms with E-state index in [4.69, 9.17) is 21.1 Å². The van der Waals surface area contributed by atoms with Crippen molar-refractivity contribution in [3.8, 4) is 17.6 Å². The van der Waals surface area contributed by atoms with Crippen LogP contribution in [0.3, 0.4) is 0 Å². The maximum atomic E-state index is 13.7. The third-order valence-electron chi connectivity index (χ3n) is 6.42. The van der Waals surface area contributed by atoms with Gasteiger partial charge in [-0.05, 0) is 70.3 Å². The summed E-state index contributed by atoms with van der Waals surface area (Å²) in [7, 11) is 5.03. The molecular formula is C28H29ClF6N4O3. The molecule has 14 heteroatoms. The van der Waals surface area contributed by atoms with Crippen molar-refractivity contribution in [2.24, 2.45) is 0 Å². The van der Waals surface area contributed by atoms with E-state index in [0.717, 1.165) is 17.6 Å². The van der Waals surface area contributed by atoms with Crippen LogP contribution in [0.4, 0.5) is 26.3 Å².